The average Bonchev–Trinajstić information content (AvgIpc) is 3.36. The van der Waals surface area contributed by atoms with Crippen LogP contribution in [0.5, 0.6) is 5.75 Å². The molecule has 0 aliphatic rings. The highest BCUT2D eigenvalue weighted by atomic mass is 32.2. The van der Waals surface area contributed by atoms with Crippen molar-refractivity contribution >= 4 is 42.4 Å². The van der Waals surface area contributed by atoms with Crippen LogP contribution in [0.3, 0.4) is 0 Å². The topological polar surface area (TPSA) is 94.4 Å². The maximum Gasteiger partial charge on any atom is 0.260 e. The van der Waals surface area contributed by atoms with E-state index in [4.69, 9.17) is 9.72 Å². The molecule has 0 saturated carbocycles. The number of anilines is 1. The van der Waals surface area contributed by atoms with Gasteiger partial charge in [0.1, 0.15) is 11.3 Å². The minimum atomic E-state index is -3.45. The number of sulfone groups is 1. The summed E-state index contributed by atoms with van der Waals surface area (Å²) in [6.07, 6.45) is 1.12. The van der Waals surface area contributed by atoms with Crippen molar-refractivity contribution in [3.63, 3.8) is 0 Å². The van der Waals surface area contributed by atoms with Gasteiger partial charge in [0, 0.05) is 24.1 Å². The second-order valence-corrected chi connectivity index (χ2v) is 11.0. The molecule has 0 spiro atoms. The summed E-state index contributed by atoms with van der Waals surface area (Å²) >= 11 is 1.39. The SMILES string of the molecule is CCOc1cccc2sc(N(CCn3nc(C)cc3C)C(=O)c3cccc(S(C)(=O)=O)c3)nc12. The molecule has 0 radical (unpaired) electrons. The molecule has 0 unspecified atom stereocenters. The van der Waals surface area contributed by atoms with Gasteiger partial charge in [0.25, 0.3) is 5.91 Å². The van der Waals surface area contributed by atoms with Gasteiger partial charge in [-0.05, 0) is 57.2 Å². The van der Waals surface area contributed by atoms with Crippen molar-refractivity contribution in [3.8, 4) is 5.75 Å². The van der Waals surface area contributed by atoms with Gasteiger partial charge in [-0.15, -0.1) is 0 Å². The third kappa shape index (κ3) is 4.97. The largest absolute Gasteiger partial charge is 0.492 e. The van der Waals surface area contributed by atoms with Crippen molar-refractivity contribution in [2.75, 3.05) is 24.3 Å². The van der Waals surface area contributed by atoms with Crippen molar-refractivity contribution in [1.82, 2.24) is 14.8 Å². The zero-order chi connectivity index (χ0) is 24.5. The van der Waals surface area contributed by atoms with Crippen molar-refractivity contribution in [1.29, 1.82) is 0 Å². The standard InChI is InChI=1S/C24H26N4O4S2/c1-5-32-20-10-7-11-21-22(20)25-24(33-21)27(12-13-28-17(3)14-16(2)26-28)23(29)18-8-6-9-19(15-18)34(4,30)31/h6-11,14-15H,5,12-13H2,1-4H3. The molecule has 1 amide bonds. The Morgan fingerprint density at radius 3 is 2.59 bits per heavy atom. The predicted octanol–water partition coefficient (Wildman–Crippen LogP) is 4.26. The van der Waals surface area contributed by atoms with Crippen molar-refractivity contribution < 1.29 is 17.9 Å². The number of ether oxygens (including phenoxy) is 1. The number of aryl methyl sites for hydroxylation is 2. The Balaban J connectivity index is 1.75. The predicted molar refractivity (Wildman–Crippen MR) is 134 cm³/mol. The Morgan fingerprint density at radius 2 is 1.91 bits per heavy atom. The molecule has 2 heterocycles. The molecule has 8 nitrogen and oxygen atoms in total. The normalized spacial score (nSPS) is 11.6. The fraction of sp³-hybridized carbons (Fsp3) is 0.292. The molecule has 10 heteroatoms. The van der Waals surface area contributed by atoms with Crippen molar-refractivity contribution in [3.05, 3.63) is 65.5 Å². The van der Waals surface area contributed by atoms with E-state index in [0.717, 1.165) is 22.3 Å². The van der Waals surface area contributed by atoms with Gasteiger partial charge in [0.2, 0.25) is 0 Å². The molecule has 0 atom stereocenters. The number of thiazole rings is 1. The summed E-state index contributed by atoms with van der Waals surface area (Å²) in [4.78, 5) is 20.1. The zero-order valence-corrected chi connectivity index (χ0v) is 21.1. The number of nitrogens with zero attached hydrogens (tertiary/aromatic N) is 4. The number of carbonyl (C=O) groups excluding carboxylic acids is 1. The van der Waals surface area contributed by atoms with Crippen LogP contribution >= 0.6 is 11.3 Å². The average molecular weight is 499 g/mol. The van der Waals surface area contributed by atoms with E-state index in [9.17, 15) is 13.2 Å². The van der Waals surface area contributed by atoms with Gasteiger partial charge in [-0.2, -0.15) is 5.10 Å². The van der Waals surface area contributed by atoms with E-state index < -0.39 is 9.84 Å². The van der Waals surface area contributed by atoms with Crippen LogP contribution in [-0.2, 0) is 16.4 Å². The first kappa shape index (κ1) is 23.9. The third-order valence-electron chi connectivity index (χ3n) is 5.29. The molecule has 4 aromatic rings. The summed E-state index contributed by atoms with van der Waals surface area (Å²) in [6.45, 7) is 7.08. The van der Waals surface area contributed by atoms with Crippen LogP contribution in [0.2, 0.25) is 0 Å². The van der Waals surface area contributed by atoms with Gasteiger partial charge in [-0.25, -0.2) is 13.4 Å². The smallest absolute Gasteiger partial charge is 0.260 e. The third-order valence-corrected chi connectivity index (χ3v) is 7.45. The molecule has 2 aromatic carbocycles. The van der Waals surface area contributed by atoms with E-state index in [1.54, 1.807) is 17.0 Å². The summed E-state index contributed by atoms with van der Waals surface area (Å²) in [5.74, 6) is 0.330. The lowest BCUT2D eigenvalue weighted by atomic mass is 10.2. The number of aromatic nitrogens is 3. The Labute approximate surface area is 202 Å². The Morgan fingerprint density at radius 1 is 1.15 bits per heavy atom. The number of hydrogen-bond acceptors (Lipinski definition) is 7. The van der Waals surface area contributed by atoms with E-state index >= 15 is 0 Å². The quantitative estimate of drug-likeness (QED) is 0.360. The summed E-state index contributed by atoms with van der Waals surface area (Å²) in [5.41, 5.74) is 2.86. The number of hydrogen-bond donors (Lipinski definition) is 0. The van der Waals surface area contributed by atoms with Gasteiger partial charge in [0.15, 0.2) is 15.0 Å². The van der Waals surface area contributed by atoms with Gasteiger partial charge in [0.05, 0.1) is 28.4 Å². The summed E-state index contributed by atoms with van der Waals surface area (Å²) in [5, 5.41) is 5.01. The molecule has 2 aromatic heterocycles. The Hall–Kier alpha value is -3.24. The first-order valence-electron chi connectivity index (χ1n) is 10.8. The Bertz CT molecular complexity index is 1460. The fourth-order valence-corrected chi connectivity index (χ4v) is 5.37. The lowest BCUT2D eigenvalue weighted by Crippen LogP contribution is -2.34. The number of rotatable bonds is 8. The first-order valence-corrected chi connectivity index (χ1v) is 13.5. The number of amides is 1. The molecule has 0 aliphatic carbocycles. The number of para-hydroxylation sites is 1. The molecule has 0 fully saturated rings. The summed E-state index contributed by atoms with van der Waals surface area (Å²) in [7, 11) is -3.45. The minimum Gasteiger partial charge on any atom is -0.492 e. The number of carbonyl (C=O) groups is 1. The van der Waals surface area contributed by atoms with Crippen molar-refractivity contribution in [2.45, 2.75) is 32.2 Å². The number of fused-ring (bicyclic) bond motifs is 1. The van der Waals surface area contributed by atoms with Crippen LogP contribution in [0.15, 0.2) is 53.4 Å². The van der Waals surface area contributed by atoms with Crippen LogP contribution in [0, 0.1) is 13.8 Å². The lowest BCUT2D eigenvalue weighted by Gasteiger charge is -2.20. The minimum absolute atomic E-state index is 0.0970. The number of benzene rings is 2. The van der Waals surface area contributed by atoms with Gasteiger partial charge >= 0.3 is 0 Å². The first-order chi connectivity index (χ1) is 16.2. The van der Waals surface area contributed by atoms with Crippen LogP contribution in [0.1, 0.15) is 28.7 Å². The van der Waals surface area contributed by atoms with Gasteiger partial charge < -0.3 is 4.74 Å². The van der Waals surface area contributed by atoms with Crippen LogP contribution in [0.4, 0.5) is 5.13 Å². The van der Waals surface area contributed by atoms with Gasteiger partial charge in [-0.1, -0.05) is 23.5 Å². The second kappa shape index (κ2) is 9.55. The van der Waals surface area contributed by atoms with E-state index in [1.165, 1.54) is 23.5 Å². The highest BCUT2D eigenvalue weighted by Crippen LogP contribution is 2.35. The van der Waals surface area contributed by atoms with E-state index in [1.807, 2.05) is 49.7 Å². The van der Waals surface area contributed by atoms with Crippen LogP contribution in [0.25, 0.3) is 10.2 Å². The maximum absolute atomic E-state index is 13.7. The van der Waals surface area contributed by atoms with E-state index in [-0.39, 0.29) is 16.4 Å². The highest BCUT2D eigenvalue weighted by Gasteiger charge is 2.24. The molecular weight excluding hydrogens is 472 g/mol. The Kier molecular flexibility index (Phi) is 6.72. The maximum atomic E-state index is 13.7. The molecular formula is C24H26N4O4S2. The molecule has 4 rings (SSSR count). The van der Waals surface area contributed by atoms with E-state index in [2.05, 4.69) is 5.10 Å². The second-order valence-electron chi connectivity index (χ2n) is 7.94. The lowest BCUT2D eigenvalue weighted by molar-refractivity contribution is 0.0985. The summed E-state index contributed by atoms with van der Waals surface area (Å²) < 4.78 is 32.6. The fourth-order valence-electron chi connectivity index (χ4n) is 3.69. The van der Waals surface area contributed by atoms with Crippen LogP contribution < -0.4 is 9.64 Å². The van der Waals surface area contributed by atoms with Crippen molar-refractivity contribution in [2.24, 2.45) is 0 Å². The molecule has 34 heavy (non-hydrogen) atoms. The zero-order valence-electron chi connectivity index (χ0n) is 19.5. The molecule has 178 valence electrons. The monoisotopic (exact) mass is 498 g/mol. The molecule has 0 N–H and O–H groups in total. The molecule has 0 saturated heterocycles. The molecule has 0 bridgehead atoms. The molecule has 0 aliphatic heterocycles. The summed E-state index contributed by atoms with van der Waals surface area (Å²) in [6, 6.07) is 13.8. The van der Waals surface area contributed by atoms with Crippen LogP contribution in [-0.4, -0.2) is 48.5 Å². The van der Waals surface area contributed by atoms with Gasteiger partial charge in [-0.3, -0.25) is 14.4 Å². The van der Waals surface area contributed by atoms with E-state index in [0.29, 0.717) is 36.1 Å². The highest BCUT2D eigenvalue weighted by molar-refractivity contribution is 7.90.